The molecule has 6 atom stereocenters. The van der Waals surface area contributed by atoms with Crippen molar-refractivity contribution >= 4 is 137 Å². The van der Waals surface area contributed by atoms with Gasteiger partial charge in [0.25, 0.3) is 23.6 Å². The van der Waals surface area contributed by atoms with E-state index in [0.29, 0.717) is 35.5 Å². The van der Waals surface area contributed by atoms with Gasteiger partial charge >= 0.3 is 98.1 Å². The fourth-order valence-corrected chi connectivity index (χ4v) is 12.7. The van der Waals surface area contributed by atoms with Gasteiger partial charge in [-0.25, -0.2) is 57.2 Å². The van der Waals surface area contributed by atoms with Gasteiger partial charge in [-0.05, 0) is 64.8 Å². The molecule has 2 rings (SSSR count). The van der Waals surface area contributed by atoms with Crippen LogP contribution in [0.5, 0.6) is 0 Å². The van der Waals surface area contributed by atoms with Crippen molar-refractivity contribution in [1.29, 1.82) is 0 Å². The maximum atomic E-state index is 12.4. The largest absolute Gasteiger partial charge is 3.00 e. The van der Waals surface area contributed by atoms with Gasteiger partial charge in [-0.3, -0.25) is 59.0 Å². The van der Waals surface area contributed by atoms with E-state index in [9.17, 15) is 113 Å². The van der Waals surface area contributed by atoms with Gasteiger partial charge in [-0.1, -0.05) is 105 Å². The SMILES string of the molecule is C#CS(=O)(=O)C(C)[C@H](C)S(=O)(=O)C#C.C/C=C/S(=O)(=O)[CH-]CC.C/C=C/[S-](=O)=O.C=CS(=O)(=O)C(C)[C@H](C)S(=O)(=O)C=C.C=CS(=O)(=O)[CH-]CC.C=C[S-](=O)=O.CCCC(=O)C(C([C-]=O)N1C(=O)C=CC1=O)N1C(=O)C=CC1=O.CC[CH-]S(=O)(=O)CC.CC[S-](=O)=O.[CH2-]C.[CH2-]C.[CH2-]C.[CH2-]C.[Y+3].[Y+3].[Y+3].[Y].[Y].[Y].[Y].[Y].[Y].[Y].[Y].[Y].[Y].[Y].[Y].[Y].[Y].[Y].[Y].[Y].[Y].[Y].[Y].[Y].[Y].[Y].[Y].[Y]. The third-order valence-electron chi connectivity index (χ3n) is 10.4. The number of imide groups is 2. The zero-order chi connectivity index (χ0) is 82.4. The van der Waals surface area contributed by atoms with Crippen LogP contribution >= 0.6 is 0 Å². The molecule has 4 unspecified atom stereocenters. The van der Waals surface area contributed by atoms with Crippen molar-refractivity contribution < 1.29 is 1030 Å². The summed E-state index contributed by atoms with van der Waals surface area (Å²) >= 11 is 0. The molecule has 0 spiro atoms. The van der Waals surface area contributed by atoms with Crippen LogP contribution in [-0.2, 0) is 1070 Å². The predicted octanol–water partition coefficient (Wildman–Crippen LogP) is 8.20. The molecule has 0 fully saturated rings. The number of carbonyl (C=O) groups is 5. The maximum Gasteiger partial charge on any atom is 3.00 e. The van der Waals surface area contributed by atoms with Crippen molar-refractivity contribution in [2.75, 3.05) is 11.5 Å². The van der Waals surface area contributed by atoms with E-state index in [0.717, 1.165) is 51.3 Å². The molecule has 28 nitrogen and oxygen atoms in total. The van der Waals surface area contributed by atoms with Gasteiger partial charge in [-0.2, -0.15) is 47.0 Å². The number of rotatable bonds is 27. The van der Waals surface area contributed by atoms with Crippen LogP contribution in [0.25, 0.3) is 0 Å². The third kappa shape index (κ3) is 162. The Morgan fingerprint density at radius 1 is 0.438 bits per heavy atom. The number of nitrogens with zero attached hydrogens (tertiary/aromatic N) is 2. The summed E-state index contributed by atoms with van der Waals surface area (Å²) in [6.07, 6.45) is 19.8. The van der Waals surface area contributed by atoms with Gasteiger partial charge in [-0.15, -0.1) is 36.3 Å². The Balaban J connectivity index is -0.0000000187. The van der Waals surface area contributed by atoms with Gasteiger partial charge in [0.15, 0.2) is 25.5 Å². The van der Waals surface area contributed by atoms with Gasteiger partial charge in [0.2, 0.25) is 19.7 Å². The molecule has 4 amide bonds. The molecule has 128 heavy (non-hydrogen) atoms. The first-order valence-corrected chi connectivity index (χ1v) is 43.7. The van der Waals surface area contributed by atoms with E-state index in [4.69, 9.17) is 12.8 Å². The molecule has 0 bridgehead atoms. The number of terminal acetylenes is 2. The molecule has 2 aliphatic heterocycles. The second kappa shape index (κ2) is 177. The van der Waals surface area contributed by atoms with E-state index in [1.165, 1.54) is 68.8 Å². The van der Waals surface area contributed by atoms with E-state index in [-0.39, 0.29) is 934 Å². The number of amides is 4. The molecular weight excluding hydrogens is 4000 g/mol. The molecule has 0 N–H and O–H groups in total. The van der Waals surface area contributed by atoms with Crippen molar-refractivity contribution in [3.8, 4) is 23.4 Å². The van der Waals surface area contributed by atoms with E-state index < -0.39 is 163 Å². The minimum Gasteiger partial charge on any atom is -0.540 e. The number of allylic oxidation sites excluding steroid dienone is 2. The normalized spacial score (nSPS) is 10.9. The molecule has 2 heterocycles. The smallest absolute Gasteiger partial charge is 0.540 e. The molecule has 0 aromatic carbocycles. The number of hydrogen-bond donors (Lipinski definition) is 0. The van der Waals surface area contributed by atoms with Gasteiger partial charge < -0.3 is 57.7 Å². The Hall–Kier alpha value is 25.1. The summed E-state index contributed by atoms with van der Waals surface area (Å²) in [5.74, 6) is 0.530. The van der Waals surface area contributed by atoms with Gasteiger partial charge in [0, 0.05) is 905 Å². The van der Waals surface area contributed by atoms with Crippen molar-refractivity contribution in [2.24, 2.45) is 0 Å². The van der Waals surface area contributed by atoms with E-state index >= 15 is 0 Å². The number of sulfone groups is 7. The minimum atomic E-state index is -3.84. The predicted molar refractivity (Wildman–Crippen MR) is 399 cm³/mol. The van der Waals surface area contributed by atoms with Gasteiger partial charge in [0.1, 0.15) is 0 Å². The Labute approximate surface area is 1480 Å². The quantitative estimate of drug-likeness (QED) is 0.0246. The van der Waals surface area contributed by atoms with Crippen LogP contribution < -0.4 is 0 Å². The second-order valence-corrected chi connectivity index (χ2v) is 34.2. The molecule has 66 heteroatoms. The molecule has 0 aromatic rings. The number of Topliss-reactive ketones (excluding diaryl/α,β-unsaturated/α-hetero) is 1. The zero-order valence-electron chi connectivity index (χ0n) is 75.6. The Morgan fingerprint density at radius 2 is 0.680 bits per heavy atom. The molecule has 2 aliphatic rings. The minimum absolute atomic E-state index is 0. The van der Waals surface area contributed by atoms with Gasteiger partial charge in [0.05, 0.1) is 27.0 Å². The summed E-state index contributed by atoms with van der Waals surface area (Å²) in [4.78, 5) is 72.1. The topological polar surface area (TPSA) is 450 Å². The fourth-order valence-electron chi connectivity index (χ4n) is 5.30. The van der Waals surface area contributed by atoms with E-state index in [1.807, 2.05) is 6.92 Å². The number of ketones is 1. The molecule has 0 aliphatic carbocycles. The first-order valence-electron chi connectivity index (χ1n) is 28.9. The first-order chi connectivity index (χ1) is 46.0. The monoisotopic (exact) mass is 4100 g/mol. The fraction of sp³-hybridized carbons (Fsp3) is 0.468. The standard InChI is InChI=1S/C15H13N2O6.C8H14O4S2.C8H10O4S2.C6H11O2S.C5H11O2S.C5H9O2S.C3H5O2S.C2H5O2S.C2H3O2S.4C2H5.28Y/c1-2-3-10(19)15(17-13(22)6-7-14(17)23)9(8-18)16-11(20)4-5-12(16)21;2*1-5-13(9,10)7(3)8(4)14(11,12)6-2;1-3-5-9(7,8)6-4-2;2*1-3-5-8(6,7)4-2;1-2-3-6(4)5;2*1-2-5(3)4;4*1-2;;;;;;;;;;;;;;;;;;;;;;;;;;;;/h4-7,9,15H,2-3H2,1H3;5-8H,1-2H2,3-4H3;1-2,7-8H,3-4H3;3,5-6H,4H2,1-2H3;5H,3-4H2,1-2H3;4-5H,2-3H2,1H3;2-3H,1H3;2H2,1H3;2H,1H2;4*1H2,2H3;;;;;;;;;;;;;;;;;;;;;;;;;;;;/q-1;;;10*-1;;;;;;;;;;;;;;;;;;;;;;;;;;3*+3/b;;;5-3+;;;3-2+;;;;;;;;;;;;;;;;;;;;;;;;;;;;;;;;;;/t;2*7-,8?;;;;;;;;;;;;;;;;;;;;;;;;;;;;;;;;;;;;;;/m.00....................................../s1. The third-order valence-corrected chi connectivity index (χ3v) is 23.6. The zero-order valence-corrected chi connectivity index (χ0v) is 163. The molecule has 661 valence electrons. The van der Waals surface area contributed by atoms with Crippen LogP contribution in [0.3, 0.4) is 0 Å². The average molecular weight is 4100 g/mol. The summed E-state index contributed by atoms with van der Waals surface area (Å²) in [5.41, 5.74) is 0. The summed E-state index contributed by atoms with van der Waals surface area (Å²) in [5, 5.41) is 4.28. The van der Waals surface area contributed by atoms with E-state index in [2.05, 4.69) is 54.0 Å². The summed E-state index contributed by atoms with van der Waals surface area (Å²) in [6, 6.07) is -3.24. The summed E-state index contributed by atoms with van der Waals surface area (Å²) in [7, 11) is -29.5. The van der Waals surface area contributed by atoms with Crippen LogP contribution in [0.2, 0.25) is 0 Å². The Bertz CT molecular complexity index is 3720. The number of carbonyl (C=O) groups excluding carboxylic acids is 6. The molecular formula is C62H101N2O26S10Y28-2. The maximum absolute atomic E-state index is 12.4. The van der Waals surface area contributed by atoms with Crippen LogP contribution in [0.1, 0.15) is 143 Å². The molecule has 0 saturated heterocycles. The Kier molecular flexibility index (Phi) is 376. The molecule has 0 saturated carbocycles. The van der Waals surface area contributed by atoms with Crippen molar-refractivity contribution in [2.45, 2.75) is 176 Å². The number of hydrogen-bond acceptors (Lipinski definition) is 29. The van der Waals surface area contributed by atoms with Crippen molar-refractivity contribution in [1.82, 2.24) is 9.80 Å². The second-order valence-electron chi connectivity index (χ2n) is 16.9. The van der Waals surface area contributed by atoms with Crippen molar-refractivity contribution in [3.05, 3.63) is 140 Å². The summed E-state index contributed by atoms with van der Waals surface area (Å²) < 4.78 is 209. The summed E-state index contributed by atoms with van der Waals surface area (Å²) in [6.45, 7) is 51.1. The van der Waals surface area contributed by atoms with E-state index in [1.54, 1.807) is 86.7 Å². The van der Waals surface area contributed by atoms with Crippen LogP contribution in [-0.4, -0.2) is 149 Å². The Morgan fingerprint density at radius 3 is 0.820 bits per heavy atom. The molecule has 25 radical (unpaired) electrons. The average Bonchev–Trinajstić information content (AvgIpc) is 1.62. The van der Waals surface area contributed by atoms with Crippen LogP contribution in [0.15, 0.2) is 95.2 Å². The van der Waals surface area contributed by atoms with Crippen LogP contribution in [0.4, 0.5) is 0 Å². The van der Waals surface area contributed by atoms with Crippen LogP contribution in [0, 0.1) is 68.3 Å². The first kappa shape index (κ1) is 272. The molecule has 0 aromatic heterocycles. The van der Waals surface area contributed by atoms with Crippen molar-refractivity contribution in [3.63, 3.8) is 0 Å².